The Morgan fingerprint density at radius 2 is 1.07 bits per heavy atom. The molecule has 0 radical (unpaired) electrons. The minimum Gasteiger partial charge on any atom is -0.312 e. The van der Waals surface area contributed by atoms with Crippen LogP contribution in [0.4, 0.5) is 11.4 Å². The van der Waals surface area contributed by atoms with E-state index < -0.39 is 0 Å². The summed E-state index contributed by atoms with van der Waals surface area (Å²) in [5.41, 5.74) is 10.8. The van der Waals surface area contributed by atoms with Crippen molar-refractivity contribution in [3.05, 3.63) is 90.1 Å². The van der Waals surface area contributed by atoms with Crippen LogP contribution in [0.1, 0.15) is 78.4 Å². The topological polar surface area (TPSA) is 53.5 Å². The first-order chi connectivity index (χ1) is 20.9. The van der Waals surface area contributed by atoms with Gasteiger partial charge in [-0.25, -0.2) is 0 Å². The lowest BCUT2D eigenvalue weighted by Gasteiger charge is -2.29. The largest absolute Gasteiger partial charge is 0.312 e. The first-order valence-electron chi connectivity index (χ1n) is 15.9. The lowest BCUT2D eigenvalue weighted by atomic mass is 9.75. The van der Waals surface area contributed by atoms with Gasteiger partial charge in [0.25, 0.3) is 0 Å². The molecule has 1 aromatic heterocycles. The zero-order chi connectivity index (χ0) is 31.2. The highest BCUT2D eigenvalue weighted by Crippen LogP contribution is 2.40. The van der Waals surface area contributed by atoms with Gasteiger partial charge in [0, 0.05) is 54.6 Å². The number of pyridine rings is 1. The van der Waals surface area contributed by atoms with Crippen molar-refractivity contribution in [2.45, 2.75) is 78.1 Å². The molecule has 5 heteroatoms. The molecular formula is C39H43N3O2. The van der Waals surface area contributed by atoms with Crippen LogP contribution in [0, 0.1) is 0 Å². The van der Waals surface area contributed by atoms with Crippen molar-refractivity contribution < 1.29 is 9.59 Å². The van der Waals surface area contributed by atoms with E-state index in [4.69, 9.17) is 4.98 Å². The van der Waals surface area contributed by atoms with E-state index in [9.17, 15) is 9.59 Å². The molecule has 0 saturated carbocycles. The third-order valence-electron chi connectivity index (χ3n) is 8.92. The molecule has 3 aromatic carbocycles. The highest BCUT2D eigenvalue weighted by atomic mass is 16.2. The molecule has 4 aromatic rings. The molecule has 5 nitrogen and oxygen atoms in total. The van der Waals surface area contributed by atoms with Crippen molar-refractivity contribution in [3.8, 4) is 33.5 Å². The number of anilines is 2. The van der Waals surface area contributed by atoms with Crippen LogP contribution in [0.5, 0.6) is 0 Å². The van der Waals surface area contributed by atoms with Crippen LogP contribution < -0.4 is 9.80 Å². The Morgan fingerprint density at radius 3 is 1.48 bits per heavy atom. The van der Waals surface area contributed by atoms with E-state index in [-0.39, 0.29) is 22.6 Å². The lowest BCUT2D eigenvalue weighted by Crippen LogP contribution is -2.26. The summed E-state index contributed by atoms with van der Waals surface area (Å²) in [4.78, 5) is 33.9. The Hall–Kier alpha value is -4.25. The highest BCUT2D eigenvalue weighted by Gasteiger charge is 2.28. The Morgan fingerprint density at radius 1 is 0.591 bits per heavy atom. The van der Waals surface area contributed by atoms with E-state index in [1.807, 2.05) is 22.1 Å². The minimum atomic E-state index is -0.00588. The van der Waals surface area contributed by atoms with Crippen molar-refractivity contribution >= 4 is 23.2 Å². The van der Waals surface area contributed by atoms with Crippen LogP contribution in [-0.4, -0.2) is 29.9 Å². The smallest absolute Gasteiger partial charge is 0.227 e. The van der Waals surface area contributed by atoms with Gasteiger partial charge in [-0.05, 0) is 75.8 Å². The zero-order valence-corrected chi connectivity index (χ0v) is 26.9. The number of aromatic nitrogens is 1. The molecule has 0 unspecified atom stereocenters. The van der Waals surface area contributed by atoms with E-state index in [1.165, 1.54) is 16.7 Å². The van der Waals surface area contributed by atoms with Crippen molar-refractivity contribution in [3.63, 3.8) is 0 Å². The van der Waals surface area contributed by atoms with Gasteiger partial charge in [-0.1, -0.05) is 90.1 Å². The molecule has 0 aliphatic carbocycles. The molecule has 6 rings (SSSR count). The van der Waals surface area contributed by atoms with Crippen molar-refractivity contribution in [1.29, 1.82) is 0 Å². The molecule has 2 saturated heterocycles. The number of carbonyl (C=O) groups excluding carboxylic acids is 2. The fourth-order valence-electron chi connectivity index (χ4n) is 6.56. The zero-order valence-electron chi connectivity index (χ0n) is 26.9. The molecular weight excluding hydrogens is 542 g/mol. The van der Waals surface area contributed by atoms with E-state index in [0.717, 1.165) is 65.3 Å². The predicted octanol–water partition coefficient (Wildman–Crippen LogP) is 8.93. The molecule has 0 atom stereocenters. The van der Waals surface area contributed by atoms with Crippen molar-refractivity contribution in [1.82, 2.24) is 4.98 Å². The Kier molecular flexibility index (Phi) is 7.69. The van der Waals surface area contributed by atoms with Gasteiger partial charge in [0.05, 0.1) is 5.69 Å². The first-order valence-corrected chi connectivity index (χ1v) is 15.9. The van der Waals surface area contributed by atoms with E-state index >= 15 is 0 Å². The SMILES string of the molecule is CC(C)(C)c1cccc(C(C)(C)C)c1-c1ccc(-c2ccc(-c3cc(N4CCCC4=O)cc(N4CCCC4=O)c3)cc2)cn1. The summed E-state index contributed by atoms with van der Waals surface area (Å²) >= 11 is 0. The Balaban J connectivity index is 1.33. The van der Waals surface area contributed by atoms with Crippen LogP contribution >= 0.6 is 0 Å². The monoisotopic (exact) mass is 585 g/mol. The number of nitrogens with zero attached hydrogens (tertiary/aromatic N) is 3. The molecule has 2 amide bonds. The maximum Gasteiger partial charge on any atom is 0.227 e. The van der Waals surface area contributed by atoms with Crippen LogP contribution in [0.3, 0.4) is 0 Å². The number of rotatable bonds is 5. The summed E-state index contributed by atoms with van der Waals surface area (Å²) in [6, 6.07) is 25.6. The van der Waals surface area contributed by atoms with Gasteiger partial charge in [-0.2, -0.15) is 0 Å². The molecule has 2 aliphatic rings. The number of hydrogen-bond donors (Lipinski definition) is 0. The van der Waals surface area contributed by atoms with Gasteiger partial charge >= 0.3 is 0 Å². The summed E-state index contributed by atoms with van der Waals surface area (Å²) < 4.78 is 0. The fourth-order valence-corrected chi connectivity index (χ4v) is 6.56. The molecule has 226 valence electrons. The number of carbonyl (C=O) groups is 2. The van der Waals surface area contributed by atoms with Crippen LogP contribution in [0.2, 0.25) is 0 Å². The third kappa shape index (κ3) is 5.80. The fraction of sp³-hybridized carbons (Fsp3) is 0.359. The van der Waals surface area contributed by atoms with Crippen LogP contribution in [0.25, 0.3) is 33.5 Å². The molecule has 3 heterocycles. The summed E-state index contributed by atoms with van der Waals surface area (Å²) in [5, 5.41) is 0. The van der Waals surface area contributed by atoms with Crippen molar-refractivity contribution in [2.24, 2.45) is 0 Å². The average molecular weight is 586 g/mol. The van der Waals surface area contributed by atoms with Gasteiger partial charge in [-0.15, -0.1) is 0 Å². The average Bonchev–Trinajstić information content (AvgIpc) is 3.63. The van der Waals surface area contributed by atoms with Gasteiger partial charge in [-0.3, -0.25) is 14.6 Å². The maximum absolute atomic E-state index is 12.6. The predicted molar refractivity (Wildman–Crippen MR) is 181 cm³/mol. The van der Waals surface area contributed by atoms with Crippen LogP contribution in [0.15, 0.2) is 79.0 Å². The van der Waals surface area contributed by atoms with E-state index in [1.54, 1.807) is 0 Å². The Bertz CT molecular complexity index is 1630. The van der Waals surface area contributed by atoms with Gasteiger partial charge in [0.1, 0.15) is 0 Å². The number of amides is 2. The van der Waals surface area contributed by atoms with Crippen LogP contribution in [-0.2, 0) is 20.4 Å². The summed E-state index contributed by atoms with van der Waals surface area (Å²) in [7, 11) is 0. The number of benzene rings is 3. The third-order valence-corrected chi connectivity index (χ3v) is 8.92. The first kappa shape index (κ1) is 29.8. The summed E-state index contributed by atoms with van der Waals surface area (Å²) in [6.07, 6.45) is 4.85. The molecule has 44 heavy (non-hydrogen) atoms. The van der Waals surface area contributed by atoms with Gasteiger partial charge in [0.15, 0.2) is 0 Å². The highest BCUT2D eigenvalue weighted by molar-refractivity contribution is 6.00. The second kappa shape index (κ2) is 11.4. The van der Waals surface area contributed by atoms with Gasteiger partial charge in [0.2, 0.25) is 11.8 Å². The molecule has 0 bridgehead atoms. The quantitative estimate of drug-likeness (QED) is 0.235. The molecule has 2 aliphatic heterocycles. The molecule has 0 spiro atoms. The Labute approximate surface area is 261 Å². The van der Waals surface area contributed by atoms with E-state index in [2.05, 4.69) is 108 Å². The second-order valence-electron chi connectivity index (χ2n) is 14.3. The maximum atomic E-state index is 12.6. The standard InChI is InChI=1S/C39H43N3O2/c1-38(2,3)32-10-7-11-33(39(4,5)6)37(32)34-19-18-28(25-40-34)26-14-16-27(17-15-26)29-22-30(41-20-8-12-35(41)43)24-31(23-29)42-21-9-13-36(42)44/h7,10-11,14-19,22-25H,8-9,12-13,20-21H2,1-6H3. The van der Waals surface area contributed by atoms with E-state index in [0.29, 0.717) is 12.8 Å². The second-order valence-corrected chi connectivity index (χ2v) is 14.3. The van der Waals surface area contributed by atoms with Gasteiger partial charge < -0.3 is 9.80 Å². The lowest BCUT2D eigenvalue weighted by molar-refractivity contribution is -0.117. The van der Waals surface area contributed by atoms with Crippen molar-refractivity contribution in [2.75, 3.05) is 22.9 Å². The summed E-state index contributed by atoms with van der Waals surface area (Å²) in [6.45, 7) is 15.0. The molecule has 2 fully saturated rings. The minimum absolute atomic E-state index is 0.00588. The normalized spacial score (nSPS) is 15.9. The summed E-state index contributed by atoms with van der Waals surface area (Å²) in [5.74, 6) is 0.291. The molecule has 0 N–H and O–H groups in total. The number of hydrogen-bond acceptors (Lipinski definition) is 3.